The molecule has 18 heavy (non-hydrogen) atoms. The summed E-state index contributed by atoms with van der Waals surface area (Å²) in [5.74, 6) is 2.02. The minimum Gasteiger partial charge on any atom is -0.497 e. The van der Waals surface area contributed by atoms with Crippen LogP contribution in [0.4, 0.5) is 0 Å². The van der Waals surface area contributed by atoms with E-state index in [0.717, 1.165) is 15.8 Å². The predicted molar refractivity (Wildman–Crippen MR) is 70.5 cm³/mol. The molecule has 0 spiro atoms. The van der Waals surface area contributed by atoms with Crippen molar-refractivity contribution in [2.24, 2.45) is 0 Å². The van der Waals surface area contributed by atoms with Gasteiger partial charge in [-0.05, 0) is 40.2 Å². The molecule has 0 bridgehead atoms. The number of fused-ring (bicyclic) bond motifs is 1. The highest BCUT2D eigenvalue weighted by Crippen LogP contribution is 2.20. The Morgan fingerprint density at radius 2 is 2.00 bits per heavy atom. The van der Waals surface area contributed by atoms with E-state index in [9.17, 15) is 0 Å². The minimum atomic E-state index is 0.573. The van der Waals surface area contributed by atoms with Crippen LogP contribution in [-0.4, -0.2) is 26.7 Å². The van der Waals surface area contributed by atoms with Crippen LogP contribution in [0.15, 0.2) is 41.1 Å². The van der Waals surface area contributed by atoms with E-state index in [2.05, 4.69) is 31.0 Å². The summed E-state index contributed by atoms with van der Waals surface area (Å²) < 4.78 is 7.62. The van der Waals surface area contributed by atoms with Crippen molar-refractivity contribution >= 4 is 21.7 Å². The van der Waals surface area contributed by atoms with Crippen LogP contribution in [0.25, 0.3) is 17.2 Å². The maximum absolute atomic E-state index is 5.12. The molecule has 90 valence electrons. The van der Waals surface area contributed by atoms with E-state index in [-0.39, 0.29) is 0 Å². The van der Waals surface area contributed by atoms with Crippen molar-refractivity contribution in [3.63, 3.8) is 0 Å². The molecule has 3 rings (SSSR count). The van der Waals surface area contributed by atoms with Crippen LogP contribution in [0.5, 0.6) is 5.75 Å². The van der Waals surface area contributed by atoms with Crippen molar-refractivity contribution in [1.29, 1.82) is 0 Å². The van der Waals surface area contributed by atoms with Crippen molar-refractivity contribution in [2.75, 3.05) is 7.11 Å². The molecule has 2 heterocycles. The van der Waals surface area contributed by atoms with E-state index >= 15 is 0 Å². The number of hydrogen-bond donors (Lipinski definition) is 0. The monoisotopic (exact) mass is 304 g/mol. The van der Waals surface area contributed by atoms with Gasteiger partial charge in [0.25, 0.3) is 5.78 Å². The smallest absolute Gasteiger partial charge is 0.252 e. The van der Waals surface area contributed by atoms with Gasteiger partial charge in [-0.3, -0.25) is 0 Å². The van der Waals surface area contributed by atoms with Gasteiger partial charge in [0.05, 0.1) is 11.6 Å². The SMILES string of the molecule is COc1ccc(-c2nc3ncc(Br)cn3n2)cc1. The Morgan fingerprint density at radius 3 is 2.72 bits per heavy atom. The number of benzene rings is 1. The largest absolute Gasteiger partial charge is 0.497 e. The molecule has 0 radical (unpaired) electrons. The second kappa shape index (κ2) is 4.38. The first-order valence-electron chi connectivity index (χ1n) is 5.28. The van der Waals surface area contributed by atoms with Gasteiger partial charge in [0.15, 0.2) is 5.82 Å². The number of ether oxygens (including phenoxy) is 1. The van der Waals surface area contributed by atoms with Crippen LogP contribution in [0, 0.1) is 0 Å². The van der Waals surface area contributed by atoms with Crippen molar-refractivity contribution in [3.8, 4) is 17.1 Å². The molecule has 0 amide bonds. The van der Waals surface area contributed by atoms with Crippen molar-refractivity contribution in [3.05, 3.63) is 41.1 Å². The van der Waals surface area contributed by atoms with E-state index in [4.69, 9.17) is 4.74 Å². The lowest BCUT2D eigenvalue weighted by Gasteiger charge is -1.99. The van der Waals surface area contributed by atoms with Crippen LogP contribution < -0.4 is 4.74 Å². The molecule has 2 aromatic heterocycles. The Balaban J connectivity index is 2.07. The molecule has 6 heteroatoms. The molecule has 0 saturated heterocycles. The second-order valence-corrected chi connectivity index (χ2v) is 4.60. The van der Waals surface area contributed by atoms with Crippen LogP contribution in [0.3, 0.4) is 0 Å². The quantitative estimate of drug-likeness (QED) is 0.730. The van der Waals surface area contributed by atoms with Gasteiger partial charge in [-0.2, -0.15) is 4.98 Å². The number of hydrogen-bond acceptors (Lipinski definition) is 4. The number of methoxy groups -OCH3 is 1. The van der Waals surface area contributed by atoms with E-state index in [0.29, 0.717) is 11.6 Å². The molecule has 0 N–H and O–H groups in total. The van der Waals surface area contributed by atoms with Gasteiger partial charge < -0.3 is 4.74 Å². The summed E-state index contributed by atoms with van der Waals surface area (Å²) in [6.45, 7) is 0. The maximum atomic E-state index is 5.12. The first-order valence-corrected chi connectivity index (χ1v) is 6.08. The molecule has 1 aromatic carbocycles. The summed E-state index contributed by atoms with van der Waals surface area (Å²) in [5, 5.41) is 4.37. The average Bonchev–Trinajstić information content (AvgIpc) is 2.81. The van der Waals surface area contributed by atoms with Gasteiger partial charge in [0.2, 0.25) is 0 Å². The third-order valence-corrected chi connectivity index (χ3v) is 2.92. The summed E-state index contributed by atoms with van der Waals surface area (Å²) in [6, 6.07) is 7.60. The van der Waals surface area contributed by atoms with Gasteiger partial charge >= 0.3 is 0 Å². The predicted octanol–water partition coefficient (Wildman–Crippen LogP) is 2.56. The highest BCUT2D eigenvalue weighted by molar-refractivity contribution is 9.10. The van der Waals surface area contributed by atoms with Crippen LogP contribution in [0.2, 0.25) is 0 Å². The lowest BCUT2D eigenvalue weighted by Crippen LogP contribution is -1.89. The van der Waals surface area contributed by atoms with Gasteiger partial charge in [-0.1, -0.05) is 0 Å². The second-order valence-electron chi connectivity index (χ2n) is 3.68. The van der Waals surface area contributed by atoms with Crippen molar-refractivity contribution < 1.29 is 4.74 Å². The zero-order valence-electron chi connectivity index (χ0n) is 9.54. The summed E-state index contributed by atoms with van der Waals surface area (Å²) >= 11 is 3.35. The van der Waals surface area contributed by atoms with E-state index in [1.165, 1.54) is 0 Å². The van der Waals surface area contributed by atoms with Gasteiger partial charge in [0.1, 0.15) is 5.75 Å². The third-order valence-electron chi connectivity index (χ3n) is 2.51. The van der Waals surface area contributed by atoms with Crippen molar-refractivity contribution in [1.82, 2.24) is 19.6 Å². The Labute approximate surface area is 112 Å². The Morgan fingerprint density at radius 1 is 1.22 bits per heavy atom. The maximum Gasteiger partial charge on any atom is 0.252 e. The molecule has 0 aliphatic heterocycles. The lowest BCUT2D eigenvalue weighted by atomic mass is 10.2. The fraction of sp³-hybridized carbons (Fsp3) is 0.0833. The molecule has 0 fully saturated rings. The van der Waals surface area contributed by atoms with Crippen molar-refractivity contribution in [2.45, 2.75) is 0 Å². The Bertz CT molecular complexity index is 693. The number of nitrogens with zero attached hydrogens (tertiary/aromatic N) is 4. The van der Waals surface area contributed by atoms with Crippen LogP contribution in [0.1, 0.15) is 0 Å². The molecule has 0 aliphatic carbocycles. The van der Waals surface area contributed by atoms with Gasteiger partial charge in [-0.25, -0.2) is 9.50 Å². The molecule has 0 atom stereocenters. The summed E-state index contributed by atoms with van der Waals surface area (Å²) in [5.41, 5.74) is 0.928. The summed E-state index contributed by atoms with van der Waals surface area (Å²) in [6.07, 6.45) is 3.52. The minimum absolute atomic E-state index is 0.573. The summed E-state index contributed by atoms with van der Waals surface area (Å²) in [4.78, 5) is 8.54. The zero-order valence-corrected chi connectivity index (χ0v) is 11.1. The van der Waals surface area contributed by atoms with Gasteiger partial charge in [0, 0.05) is 18.0 Å². The highest BCUT2D eigenvalue weighted by Gasteiger charge is 2.07. The fourth-order valence-corrected chi connectivity index (χ4v) is 1.92. The first-order chi connectivity index (χ1) is 8.76. The van der Waals surface area contributed by atoms with Crippen LogP contribution in [-0.2, 0) is 0 Å². The number of rotatable bonds is 2. The molecular weight excluding hydrogens is 296 g/mol. The standard InChI is InChI=1S/C12H9BrN4O/c1-18-10-4-2-8(3-5-10)11-15-12-14-6-9(13)7-17(12)16-11/h2-7H,1H3. The van der Waals surface area contributed by atoms with Crippen LogP contribution >= 0.6 is 15.9 Å². The topological polar surface area (TPSA) is 52.3 Å². The zero-order chi connectivity index (χ0) is 12.5. The molecule has 3 aromatic rings. The first kappa shape index (κ1) is 11.2. The molecular formula is C12H9BrN4O. The molecule has 0 unspecified atom stereocenters. The molecule has 0 saturated carbocycles. The van der Waals surface area contributed by atoms with E-state index in [1.54, 1.807) is 17.8 Å². The Kier molecular flexibility index (Phi) is 2.71. The molecule has 5 nitrogen and oxygen atoms in total. The normalized spacial score (nSPS) is 10.8. The van der Waals surface area contributed by atoms with Gasteiger partial charge in [-0.15, -0.1) is 5.10 Å². The van der Waals surface area contributed by atoms with E-state index in [1.807, 2.05) is 30.5 Å². The third kappa shape index (κ3) is 1.95. The Hall–Kier alpha value is -1.95. The average molecular weight is 305 g/mol. The summed E-state index contributed by atoms with van der Waals surface area (Å²) in [7, 11) is 1.64. The lowest BCUT2D eigenvalue weighted by molar-refractivity contribution is 0.415. The number of halogens is 1. The van der Waals surface area contributed by atoms with E-state index < -0.39 is 0 Å². The number of aromatic nitrogens is 4. The highest BCUT2D eigenvalue weighted by atomic mass is 79.9. The molecule has 0 aliphatic rings. The fourth-order valence-electron chi connectivity index (χ4n) is 1.62.